The van der Waals surface area contributed by atoms with Crippen LogP contribution in [0.2, 0.25) is 0 Å². The van der Waals surface area contributed by atoms with E-state index in [4.69, 9.17) is 24.3 Å². The van der Waals surface area contributed by atoms with E-state index in [0.717, 1.165) is 32.1 Å². The Morgan fingerprint density at radius 1 is 0.527 bits per heavy atom. The molecule has 0 radical (unpaired) electrons. The topological polar surface area (TPSA) is 134 Å². The van der Waals surface area contributed by atoms with Gasteiger partial charge in [0.1, 0.15) is 6.61 Å². The first-order valence-corrected chi connectivity index (χ1v) is 24.7. The van der Waals surface area contributed by atoms with Gasteiger partial charge in [-0.2, -0.15) is 0 Å². The van der Waals surface area contributed by atoms with Gasteiger partial charge in [-0.15, -0.1) is 0 Å². The number of hydrogen-bond acceptors (Lipinski definition) is 8. The second kappa shape index (κ2) is 42.4. The molecule has 0 saturated carbocycles. The van der Waals surface area contributed by atoms with Gasteiger partial charge in [0.2, 0.25) is 0 Å². The molecule has 2 unspecified atom stereocenters. The first-order valence-electron chi connectivity index (χ1n) is 23.2. The first kappa shape index (κ1) is 53.8. The Bertz CT molecular complexity index is 917. The van der Waals surface area contributed by atoms with Crippen molar-refractivity contribution < 1.29 is 37.6 Å². The van der Waals surface area contributed by atoms with Gasteiger partial charge in [-0.05, 0) is 25.7 Å². The minimum atomic E-state index is -4.38. The molecule has 0 aliphatic heterocycles. The second-order valence-corrected chi connectivity index (χ2v) is 17.1. The number of phosphoric acid groups is 1. The molecule has 55 heavy (non-hydrogen) atoms. The summed E-state index contributed by atoms with van der Waals surface area (Å²) in [5.41, 5.74) is 5.35. The van der Waals surface area contributed by atoms with E-state index in [9.17, 15) is 19.0 Å². The molecule has 0 aliphatic carbocycles. The number of esters is 2. The molecule has 0 rings (SSSR count). The standard InChI is InChI=1S/C45H88NO8P/c1-3-5-7-9-11-13-15-17-19-20-21-22-24-26-28-30-32-34-36-38-45(48)54-43(42-53-55(49,50)52-40-39-46)41-51-44(47)37-35-33-31-29-27-25-23-18-16-14-12-10-8-6-4-2/h32,34,43H,3-31,33,35-42,46H2,1-2H3,(H,49,50). The predicted molar refractivity (Wildman–Crippen MR) is 229 cm³/mol. The Morgan fingerprint density at radius 3 is 1.36 bits per heavy atom. The van der Waals surface area contributed by atoms with Crippen LogP contribution in [0, 0.1) is 0 Å². The Balaban J connectivity index is 4.11. The SMILES string of the molecule is CCCCCCCCCCCCCCCCCC=CCCC(=O)OC(COC(=O)CCCCCCCCCCCCCCCCC)COP(=O)(O)OCCN. The van der Waals surface area contributed by atoms with Crippen molar-refractivity contribution in [1.82, 2.24) is 0 Å². The molecule has 0 bridgehead atoms. The number of carbonyl (C=O) groups is 2. The van der Waals surface area contributed by atoms with Gasteiger partial charge < -0.3 is 20.1 Å². The van der Waals surface area contributed by atoms with Crippen LogP contribution in [0.3, 0.4) is 0 Å². The van der Waals surface area contributed by atoms with E-state index < -0.39 is 26.5 Å². The Kier molecular flexibility index (Phi) is 41.4. The summed E-state index contributed by atoms with van der Waals surface area (Å²) in [6, 6.07) is 0. The number of unbranched alkanes of at least 4 members (excludes halogenated alkanes) is 29. The maximum Gasteiger partial charge on any atom is 0.472 e. The second-order valence-electron chi connectivity index (χ2n) is 15.6. The Labute approximate surface area is 339 Å². The molecule has 0 aromatic heterocycles. The largest absolute Gasteiger partial charge is 0.472 e. The van der Waals surface area contributed by atoms with Crippen molar-refractivity contribution in [1.29, 1.82) is 0 Å². The van der Waals surface area contributed by atoms with Crippen molar-refractivity contribution in [3.05, 3.63) is 12.2 Å². The van der Waals surface area contributed by atoms with E-state index in [1.807, 2.05) is 6.08 Å². The quantitative estimate of drug-likeness (QED) is 0.0267. The molecule has 9 nitrogen and oxygen atoms in total. The van der Waals surface area contributed by atoms with E-state index >= 15 is 0 Å². The summed E-state index contributed by atoms with van der Waals surface area (Å²) >= 11 is 0. The van der Waals surface area contributed by atoms with Crippen molar-refractivity contribution in [3.8, 4) is 0 Å². The van der Waals surface area contributed by atoms with Crippen molar-refractivity contribution >= 4 is 19.8 Å². The van der Waals surface area contributed by atoms with Crippen LogP contribution < -0.4 is 5.73 Å². The molecule has 0 aromatic rings. The summed E-state index contributed by atoms with van der Waals surface area (Å²) in [4.78, 5) is 34.9. The van der Waals surface area contributed by atoms with Gasteiger partial charge in [0.05, 0.1) is 13.2 Å². The number of allylic oxidation sites excluding steroid dienone is 2. The Morgan fingerprint density at radius 2 is 0.927 bits per heavy atom. The van der Waals surface area contributed by atoms with Gasteiger partial charge >= 0.3 is 19.8 Å². The van der Waals surface area contributed by atoms with E-state index in [1.54, 1.807) is 0 Å². The van der Waals surface area contributed by atoms with Crippen LogP contribution in [0.15, 0.2) is 12.2 Å². The van der Waals surface area contributed by atoms with Gasteiger partial charge in [-0.1, -0.05) is 206 Å². The van der Waals surface area contributed by atoms with Gasteiger partial charge in [0.25, 0.3) is 0 Å². The monoisotopic (exact) mass is 802 g/mol. The molecule has 0 saturated heterocycles. The molecule has 3 N–H and O–H groups in total. The average molecular weight is 802 g/mol. The van der Waals surface area contributed by atoms with E-state index in [1.165, 1.54) is 167 Å². The van der Waals surface area contributed by atoms with Crippen LogP contribution in [0.4, 0.5) is 0 Å². The number of nitrogens with two attached hydrogens (primary N) is 1. The van der Waals surface area contributed by atoms with Gasteiger partial charge in [0, 0.05) is 19.4 Å². The van der Waals surface area contributed by atoms with E-state index in [0.29, 0.717) is 6.42 Å². The zero-order valence-electron chi connectivity index (χ0n) is 35.9. The molecule has 0 spiro atoms. The number of carbonyl (C=O) groups excluding carboxylic acids is 2. The van der Waals surface area contributed by atoms with Crippen molar-refractivity contribution in [2.24, 2.45) is 5.73 Å². The highest BCUT2D eigenvalue weighted by Crippen LogP contribution is 2.43. The van der Waals surface area contributed by atoms with Gasteiger partial charge in [-0.3, -0.25) is 18.6 Å². The maximum absolute atomic E-state index is 12.6. The third kappa shape index (κ3) is 42.2. The summed E-state index contributed by atoms with van der Waals surface area (Å²) < 4.78 is 32.8. The fourth-order valence-corrected chi connectivity index (χ4v) is 7.48. The summed E-state index contributed by atoms with van der Waals surface area (Å²) in [5, 5.41) is 0. The fraction of sp³-hybridized carbons (Fsp3) is 0.911. The van der Waals surface area contributed by atoms with Crippen LogP contribution in [-0.2, 0) is 32.7 Å². The Hall–Kier alpha value is -1.25. The zero-order chi connectivity index (χ0) is 40.3. The normalized spacial score (nSPS) is 13.3. The third-order valence-corrected chi connectivity index (χ3v) is 11.1. The summed E-state index contributed by atoms with van der Waals surface area (Å²) in [5.74, 6) is -0.872. The van der Waals surface area contributed by atoms with Gasteiger partial charge in [-0.25, -0.2) is 4.57 Å². The molecule has 2 atom stereocenters. The lowest BCUT2D eigenvalue weighted by atomic mass is 10.0. The predicted octanol–water partition coefficient (Wildman–Crippen LogP) is 13.4. The minimum Gasteiger partial charge on any atom is -0.462 e. The molecule has 10 heteroatoms. The maximum atomic E-state index is 12.6. The lowest BCUT2D eigenvalue weighted by molar-refractivity contribution is -0.161. The van der Waals surface area contributed by atoms with Crippen molar-refractivity contribution in [3.63, 3.8) is 0 Å². The molecule has 326 valence electrons. The third-order valence-electron chi connectivity index (χ3n) is 10.2. The molecule has 0 aliphatic rings. The van der Waals surface area contributed by atoms with Crippen LogP contribution >= 0.6 is 7.82 Å². The molecule has 0 aromatic carbocycles. The highest BCUT2D eigenvalue weighted by Gasteiger charge is 2.25. The van der Waals surface area contributed by atoms with Crippen LogP contribution in [0.25, 0.3) is 0 Å². The molecule has 0 amide bonds. The lowest BCUT2D eigenvalue weighted by Crippen LogP contribution is -2.29. The number of phosphoric ester groups is 1. The molecular weight excluding hydrogens is 713 g/mol. The molecular formula is C45H88NO8P. The number of rotatable bonds is 44. The fourth-order valence-electron chi connectivity index (χ4n) is 6.71. The summed E-state index contributed by atoms with van der Waals surface area (Å²) in [6.07, 6.45) is 44.0. The summed E-state index contributed by atoms with van der Waals surface area (Å²) in [6.45, 7) is 3.73. The lowest BCUT2D eigenvalue weighted by Gasteiger charge is -2.19. The number of ether oxygens (including phenoxy) is 2. The highest BCUT2D eigenvalue weighted by atomic mass is 31.2. The highest BCUT2D eigenvalue weighted by molar-refractivity contribution is 7.47. The average Bonchev–Trinajstić information content (AvgIpc) is 3.17. The summed E-state index contributed by atoms with van der Waals surface area (Å²) in [7, 11) is -4.38. The van der Waals surface area contributed by atoms with Crippen molar-refractivity contribution in [2.75, 3.05) is 26.4 Å². The van der Waals surface area contributed by atoms with Gasteiger partial charge in [0.15, 0.2) is 6.10 Å². The zero-order valence-corrected chi connectivity index (χ0v) is 36.8. The van der Waals surface area contributed by atoms with Crippen LogP contribution in [0.1, 0.15) is 232 Å². The van der Waals surface area contributed by atoms with E-state index in [-0.39, 0.29) is 38.6 Å². The number of hydrogen-bond donors (Lipinski definition) is 2. The van der Waals surface area contributed by atoms with Crippen LogP contribution in [-0.4, -0.2) is 49.3 Å². The first-order chi connectivity index (χ1) is 26.8. The minimum absolute atomic E-state index is 0.0518. The van der Waals surface area contributed by atoms with Crippen LogP contribution in [0.5, 0.6) is 0 Å². The van der Waals surface area contributed by atoms with Crippen molar-refractivity contribution in [2.45, 2.75) is 238 Å². The molecule has 0 fully saturated rings. The van der Waals surface area contributed by atoms with E-state index in [2.05, 4.69) is 19.9 Å². The smallest absolute Gasteiger partial charge is 0.462 e. The molecule has 0 heterocycles.